The lowest BCUT2D eigenvalue weighted by molar-refractivity contribution is -0.597. The molecule has 3 rings (SSSR count). The first-order valence-electron chi connectivity index (χ1n) is 8.24. The number of aromatic nitrogens is 2. The number of hydrogen-bond acceptors (Lipinski definition) is 6. The molecule has 0 atom stereocenters. The van der Waals surface area contributed by atoms with Crippen LogP contribution in [0.25, 0.3) is 5.69 Å². The van der Waals surface area contributed by atoms with Crippen LogP contribution in [0.15, 0.2) is 63.8 Å². The minimum absolute atomic E-state index is 0.0337. The van der Waals surface area contributed by atoms with Crippen molar-refractivity contribution in [2.24, 2.45) is 10.2 Å². The molecule has 0 aliphatic heterocycles. The van der Waals surface area contributed by atoms with Crippen molar-refractivity contribution in [1.82, 2.24) is 4.98 Å². The average molecular weight is 395 g/mol. The molecule has 3 aromatic rings. The van der Waals surface area contributed by atoms with E-state index in [1.807, 2.05) is 0 Å². The Labute approximate surface area is 163 Å². The maximum atomic E-state index is 12.4. The van der Waals surface area contributed by atoms with Crippen molar-refractivity contribution in [1.29, 1.82) is 0 Å². The molecule has 1 aromatic carbocycles. The second-order valence-corrected chi connectivity index (χ2v) is 5.95. The van der Waals surface area contributed by atoms with Crippen LogP contribution in [0.5, 0.6) is 5.88 Å². The van der Waals surface area contributed by atoms with E-state index in [1.165, 1.54) is 54.2 Å². The fourth-order valence-electron chi connectivity index (χ4n) is 2.71. The number of carboxylic acids is 2. The molecule has 10 heteroatoms. The van der Waals surface area contributed by atoms with E-state index in [1.54, 1.807) is 6.07 Å². The molecular formula is C19H15N4O6+. The monoisotopic (exact) mass is 395 g/mol. The van der Waals surface area contributed by atoms with Gasteiger partial charge in [-0.15, -0.1) is 10.2 Å². The largest absolute Gasteiger partial charge is 0.493 e. The molecule has 0 saturated heterocycles. The Morgan fingerprint density at radius 2 is 1.76 bits per heavy atom. The molecule has 0 unspecified atom stereocenters. The van der Waals surface area contributed by atoms with E-state index in [9.17, 15) is 24.6 Å². The predicted molar refractivity (Wildman–Crippen MR) is 99.5 cm³/mol. The van der Waals surface area contributed by atoms with Gasteiger partial charge in [-0.25, -0.2) is 9.59 Å². The fraction of sp³-hybridized carbons (Fsp3) is 0.0526. The van der Waals surface area contributed by atoms with Gasteiger partial charge in [0.1, 0.15) is 11.3 Å². The van der Waals surface area contributed by atoms with E-state index in [2.05, 4.69) is 15.2 Å². The standard InChI is InChI=1S/C19H14N4O6/c1-10-14(22-21-13-7-3-2-6-12(13)19(28)29)16(24)20-17(25)15(10)23-8-4-5-11(9-23)18(26)27/h2-9H,1H3,(H3-,20,21,24,25,26,27,28,29)/p+1. The van der Waals surface area contributed by atoms with E-state index in [4.69, 9.17) is 5.11 Å². The highest BCUT2D eigenvalue weighted by Crippen LogP contribution is 2.31. The van der Waals surface area contributed by atoms with Crippen molar-refractivity contribution in [3.05, 3.63) is 75.8 Å². The lowest BCUT2D eigenvalue weighted by atomic mass is 10.2. The van der Waals surface area contributed by atoms with Crippen LogP contribution in [-0.4, -0.2) is 32.2 Å². The summed E-state index contributed by atoms with van der Waals surface area (Å²) in [4.78, 5) is 37.1. The van der Waals surface area contributed by atoms with E-state index in [-0.39, 0.29) is 33.8 Å². The topological polar surface area (TPSA) is 156 Å². The highest BCUT2D eigenvalue weighted by molar-refractivity contribution is 5.93. The van der Waals surface area contributed by atoms with Gasteiger partial charge in [-0.3, -0.25) is 9.78 Å². The number of rotatable bonds is 5. The van der Waals surface area contributed by atoms with Crippen molar-refractivity contribution >= 4 is 23.3 Å². The molecule has 0 radical (unpaired) electrons. The molecule has 2 heterocycles. The Hall–Kier alpha value is -4.34. The van der Waals surface area contributed by atoms with Crippen LogP contribution in [0.4, 0.5) is 11.4 Å². The van der Waals surface area contributed by atoms with Crippen LogP contribution in [0.1, 0.15) is 26.3 Å². The third kappa shape index (κ3) is 3.86. The Kier molecular flexibility index (Phi) is 5.17. The summed E-state index contributed by atoms with van der Waals surface area (Å²) in [5.41, 5.74) is -0.571. The smallest absolute Gasteiger partial charge is 0.341 e. The summed E-state index contributed by atoms with van der Waals surface area (Å²) in [5, 5.41) is 36.3. The number of aromatic carboxylic acids is 2. The molecule has 0 fully saturated rings. The number of hydrogen-bond donors (Lipinski definition) is 4. The van der Waals surface area contributed by atoms with Gasteiger partial charge in [-0.05, 0) is 25.1 Å². The first kappa shape index (κ1) is 19.4. The molecule has 0 amide bonds. The van der Waals surface area contributed by atoms with Gasteiger partial charge >= 0.3 is 17.5 Å². The summed E-state index contributed by atoms with van der Waals surface area (Å²) in [6.07, 6.45) is 2.72. The van der Waals surface area contributed by atoms with Gasteiger partial charge in [-0.1, -0.05) is 12.1 Å². The predicted octanol–water partition coefficient (Wildman–Crippen LogP) is 2.48. The SMILES string of the molecule is Cc1c(N=Nc2ccccc2C(=O)O)c(O)[nH]c(=O)c1-[n+]1cccc(C(=O)O)c1. The maximum Gasteiger partial charge on any atom is 0.341 e. The molecule has 0 aliphatic carbocycles. The van der Waals surface area contributed by atoms with Gasteiger partial charge < -0.3 is 15.3 Å². The van der Waals surface area contributed by atoms with Crippen molar-refractivity contribution in [3.8, 4) is 11.6 Å². The number of nitrogens with zero attached hydrogens (tertiary/aromatic N) is 3. The van der Waals surface area contributed by atoms with Crippen LogP contribution in [-0.2, 0) is 0 Å². The molecule has 2 aromatic heterocycles. The number of carboxylic acid groups (broad SMARTS) is 2. The van der Waals surface area contributed by atoms with Gasteiger partial charge in [0.2, 0.25) is 5.88 Å². The summed E-state index contributed by atoms with van der Waals surface area (Å²) < 4.78 is 1.29. The third-order valence-corrected chi connectivity index (χ3v) is 4.08. The Morgan fingerprint density at radius 1 is 1.03 bits per heavy atom. The molecule has 0 aliphatic rings. The van der Waals surface area contributed by atoms with Crippen LogP contribution >= 0.6 is 0 Å². The number of aromatic amines is 1. The summed E-state index contributed by atoms with van der Waals surface area (Å²) >= 11 is 0. The molecule has 146 valence electrons. The lowest BCUT2D eigenvalue weighted by Crippen LogP contribution is -2.38. The summed E-state index contributed by atoms with van der Waals surface area (Å²) in [6.45, 7) is 1.50. The Bertz CT molecular complexity index is 1220. The zero-order chi connectivity index (χ0) is 21.1. The first-order chi connectivity index (χ1) is 13.8. The molecular weight excluding hydrogens is 380 g/mol. The van der Waals surface area contributed by atoms with Crippen molar-refractivity contribution < 1.29 is 29.5 Å². The normalized spacial score (nSPS) is 10.9. The maximum absolute atomic E-state index is 12.4. The summed E-state index contributed by atoms with van der Waals surface area (Å²) in [7, 11) is 0. The zero-order valence-corrected chi connectivity index (χ0v) is 15.0. The van der Waals surface area contributed by atoms with E-state index < -0.39 is 23.4 Å². The van der Waals surface area contributed by atoms with E-state index in [0.29, 0.717) is 0 Å². The van der Waals surface area contributed by atoms with Gasteiger partial charge in [0.05, 0.1) is 11.1 Å². The molecule has 0 spiro atoms. The minimum Gasteiger partial charge on any atom is -0.493 e. The molecule has 4 N–H and O–H groups in total. The van der Waals surface area contributed by atoms with Crippen molar-refractivity contribution in [3.63, 3.8) is 0 Å². The van der Waals surface area contributed by atoms with Crippen LogP contribution < -0.4 is 10.1 Å². The van der Waals surface area contributed by atoms with Gasteiger partial charge in [-0.2, -0.15) is 4.57 Å². The first-order valence-corrected chi connectivity index (χ1v) is 8.24. The molecule has 0 saturated carbocycles. The van der Waals surface area contributed by atoms with Crippen LogP contribution in [0.2, 0.25) is 0 Å². The number of benzene rings is 1. The molecule has 10 nitrogen and oxygen atoms in total. The highest BCUT2D eigenvalue weighted by atomic mass is 16.4. The second-order valence-electron chi connectivity index (χ2n) is 5.95. The number of carbonyl (C=O) groups is 2. The second kappa shape index (κ2) is 7.72. The molecule has 29 heavy (non-hydrogen) atoms. The average Bonchev–Trinajstić information content (AvgIpc) is 2.68. The lowest BCUT2D eigenvalue weighted by Gasteiger charge is -2.05. The van der Waals surface area contributed by atoms with Crippen molar-refractivity contribution in [2.75, 3.05) is 0 Å². The Balaban J connectivity index is 2.14. The van der Waals surface area contributed by atoms with Gasteiger partial charge in [0.25, 0.3) is 5.69 Å². The van der Waals surface area contributed by atoms with E-state index >= 15 is 0 Å². The minimum atomic E-state index is -1.19. The van der Waals surface area contributed by atoms with Gasteiger partial charge in [0.15, 0.2) is 18.1 Å². The Morgan fingerprint density at radius 3 is 2.45 bits per heavy atom. The van der Waals surface area contributed by atoms with Gasteiger partial charge in [0, 0.05) is 6.07 Å². The quantitative estimate of drug-likeness (QED) is 0.384. The number of aromatic hydroxyl groups is 1. The fourth-order valence-corrected chi connectivity index (χ4v) is 2.71. The van der Waals surface area contributed by atoms with E-state index in [0.717, 1.165) is 0 Å². The zero-order valence-electron chi connectivity index (χ0n) is 15.0. The third-order valence-electron chi connectivity index (χ3n) is 4.08. The summed E-state index contributed by atoms with van der Waals surface area (Å²) in [5.74, 6) is -2.91. The molecule has 0 bridgehead atoms. The number of nitrogens with one attached hydrogen (secondary N) is 1. The van der Waals surface area contributed by atoms with Crippen LogP contribution in [0, 0.1) is 6.92 Å². The highest BCUT2D eigenvalue weighted by Gasteiger charge is 2.23. The summed E-state index contributed by atoms with van der Waals surface area (Å²) in [6, 6.07) is 8.74. The number of pyridine rings is 2. The number of H-pyrrole nitrogens is 1. The van der Waals surface area contributed by atoms with Crippen molar-refractivity contribution in [2.45, 2.75) is 6.92 Å². The van der Waals surface area contributed by atoms with Crippen LogP contribution in [0.3, 0.4) is 0 Å². The number of azo groups is 1.